The molecule has 3 aromatic rings. The molecule has 1 atom stereocenters. The largest absolute Gasteiger partial charge is 0.491 e. The van der Waals surface area contributed by atoms with Crippen LogP contribution in [-0.4, -0.2) is 24.4 Å². The maximum Gasteiger partial charge on any atom is 0.336 e. The molecule has 126 valence electrons. The molecule has 2 heterocycles. The molecule has 0 spiro atoms. The van der Waals surface area contributed by atoms with Crippen molar-refractivity contribution < 1.29 is 24.0 Å². The van der Waals surface area contributed by atoms with Crippen LogP contribution in [0.3, 0.4) is 0 Å². The SMILES string of the molecule is Cc1cc(=O)oc2cc(OC[C@@H](O)C[NH2+]Cc3ccco3)ccc12. The fourth-order valence-corrected chi connectivity index (χ4v) is 2.50. The van der Waals surface area contributed by atoms with Crippen molar-refractivity contribution in [3.05, 3.63) is 64.4 Å². The third kappa shape index (κ3) is 4.04. The number of ether oxygens (including phenoxy) is 1. The first-order valence-corrected chi connectivity index (χ1v) is 7.81. The zero-order valence-corrected chi connectivity index (χ0v) is 13.4. The molecule has 0 aliphatic carbocycles. The molecule has 0 unspecified atom stereocenters. The van der Waals surface area contributed by atoms with Crippen molar-refractivity contribution >= 4 is 11.0 Å². The van der Waals surface area contributed by atoms with Gasteiger partial charge in [0, 0.05) is 17.5 Å². The molecule has 6 heteroatoms. The van der Waals surface area contributed by atoms with Gasteiger partial charge in [-0.3, -0.25) is 0 Å². The van der Waals surface area contributed by atoms with Crippen LogP contribution in [0.2, 0.25) is 0 Å². The van der Waals surface area contributed by atoms with Crippen molar-refractivity contribution in [2.75, 3.05) is 13.2 Å². The Morgan fingerprint density at radius 3 is 2.96 bits per heavy atom. The third-order valence-corrected chi connectivity index (χ3v) is 3.73. The lowest BCUT2D eigenvalue weighted by Gasteiger charge is -2.11. The Hall–Kier alpha value is -2.57. The van der Waals surface area contributed by atoms with Crippen molar-refractivity contribution in [3.63, 3.8) is 0 Å². The van der Waals surface area contributed by atoms with Crippen LogP contribution in [0.15, 0.2) is 56.3 Å². The van der Waals surface area contributed by atoms with Crippen LogP contribution in [0.5, 0.6) is 5.75 Å². The minimum absolute atomic E-state index is 0.163. The summed E-state index contributed by atoms with van der Waals surface area (Å²) >= 11 is 0. The molecular weight excluding hydrogens is 310 g/mol. The highest BCUT2D eigenvalue weighted by atomic mass is 16.5. The first kappa shape index (κ1) is 16.3. The molecule has 3 N–H and O–H groups in total. The number of aryl methyl sites for hydroxylation is 1. The molecule has 0 amide bonds. The lowest BCUT2D eigenvalue weighted by molar-refractivity contribution is -0.678. The zero-order chi connectivity index (χ0) is 16.9. The summed E-state index contributed by atoms with van der Waals surface area (Å²) in [4.78, 5) is 11.4. The van der Waals surface area contributed by atoms with Crippen molar-refractivity contribution in [1.29, 1.82) is 0 Å². The van der Waals surface area contributed by atoms with Gasteiger partial charge in [-0.1, -0.05) is 0 Å². The second-order valence-corrected chi connectivity index (χ2v) is 5.68. The molecule has 0 saturated carbocycles. The standard InChI is InChI=1S/C18H19NO5/c1-12-7-18(21)24-17-8-14(4-5-16(12)17)23-11-13(20)9-19-10-15-3-2-6-22-15/h2-8,13,19-20H,9-11H2,1H3/p+1/t13-/m0/s1. The van der Waals surface area contributed by atoms with Gasteiger partial charge in [0.15, 0.2) is 5.76 Å². The predicted octanol–water partition coefficient (Wildman–Crippen LogP) is 1.20. The van der Waals surface area contributed by atoms with Gasteiger partial charge in [-0.15, -0.1) is 0 Å². The van der Waals surface area contributed by atoms with Crippen LogP contribution in [0.4, 0.5) is 0 Å². The smallest absolute Gasteiger partial charge is 0.336 e. The molecule has 0 bridgehead atoms. The highest BCUT2D eigenvalue weighted by molar-refractivity contribution is 5.81. The van der Waals surface area contributed by atoms with E-state index >= 15 is 0 Å². The first-order valence-electron chi connectivity index (χ1n) is 7.81. The molecule has 0 aliphatic rings. The molecule has 0 radical (unpaired) electrons. The molecule has 3 rings (SSSR count). The van der Waals surface area contributed by atoms with Crippen molar-refractivity contribution in [2.45, 2.75) is 19.6 Å². The van der Waals surface area contributed by atoms with Crippen molar-refractivity contribution in [1.82, 2.24) is 0 Å². The Bertz CT molecular complexity index is 853. The van der Waals surface area contributed by atoms with E-state index in [2.05, 4.69) is 0 Å². The molecule has 2 aromatic heterocycles. The number of quaternary nitrogens is 1. The van der Waals surface area contributed by atoms with E-state index in [0.717, 1.165) is 16.7 Å². The van der Waals surface area contributed by atoms with Crippen molar-refractivity contribution in [3.8, 4) is 5.75 Å². The Morgan fingerprint density at radius 2 is 2.17 bits per heavy atom. The summed E-state index contributed by atoms with van der Waals surface area (Å²) < 4.78 is 16.0. The number of nitrogens with two attached hydrogens (primary N) is 1. The summed E-state index contributed by atoms with van der Waals surface area (Å²) in [5.41, 5.74) is 0.960. The number of fused-ring (bicyclic) bond motifs is 1. The van der Waals surface area contributed by atoms with Gasteiger partial charge in [-0.05, 0) is 36.8 Å². The quantitative estimate of drug-likeness (QED) is 0.635. The van der Waals surface area contributed by atoms with Crippen LogP contribution < -0.4 is 15.7 Å². The Kier molecular flexibility index (Phi) is 4.98. The van der Waals surface area contributed by atoms with Crippen LogP contribution in [-0.2, 0) is 6.54 Å². The second kappa shape index (κ2) is 7.33. The van der Waals surface area contributed by atoms with E-state index in [1.54, 1.807) is 18.4 Å². The zero-order valence-electron chi connectivity index (χ0n) is 13.4. The minimum atomic E-state index is -0.611. The van der Waals surface area contributed by atoms with Gasteiger partial charge in [-0.2, -0.15) is 0 Å². The highest BCUT2D eigenvalue weighted by Crippen LogP contribution is 2.22. The number of hydrogen-bond donors (Lipinski definition) is 2. The van der Waals surface area contributed by atoms with Crippen LogP contribution in [0.1, 0.15) is 11.3 Å². The number of aliphatic hydroxyl groups excluding tert-OH is 1. The van der Waals surface area contributed by atoms with E-state index in [1.165, 1.54) is 6.07 Å². The number of benzene rings is 1. The van der Waals surface area contributed by atoms with Crippen LogP contribution in [0.25, 0.3) is 11.0 Å². The lowest BCUT2D eigenvalue weighted by atomic mass is 10.1. The Morgan fingerprint density at radius 1 is 1.29 bits per heavy atom. The van der Waals surface area contributed by atoms with E-state index in [1.807, 2.05) is 30.4 Å². The molecule has 1 aromatic carbocycles. The van der Waals surface area contributed by atoms with Crippen molar-refractivity contribution in [2.24, 2.45) is 0 Å². The average molecular weight is 330 g/mol. The number of furan rings is 1. The lowest BCUT2D eigenvalue weighted by Crippen LogP contribution is -2.85. The summed E-state index contributed by atoms with van der Waals surface area (Å²) in [5, 5.41) is 12.8. The van der Waals surface area contributed by atoms with Gasteiger partial charge in [0.05, 0.1) is 6.26 Å². The van der Waals surface area contributed by atoms with E-state index in [0.29, 0.717) is 24.4 Å². The van der Waals surface area contributed by atoms with Gasteiger partial charge in [-0.25, -0.2) is 4.79 Å². The van der Waals surface area contributed by atoms with Gasteiger partial charge in [0.1, 0.15) is 37.1 Å². The summed E-state index contributed by atoms with van der Waals surface area (Å²) in [6, 6.07) is 10.5. The van der Waals surface area contributed by atoms with E-state index < -0.39 is 6.10 Å². The van der Waals surface area contributed by atoms with Gasteiger partial charge in [0.2, 0.25) is 0 Å². The molecule has 0 aliphatic heterocycles. The predicted molar refractivity (Wildman–Crippen MR) is 87.9 cm³/mol. The number of hydrogen-bond acceptors (Lipinski definition) is 5. The third-order valence-electron chi connectivity index (χ3n) is 3.73. The highest BCUT2D eigenvalue weighted by Gasteiger charge is 2.10. The maximum atomic E-state index is 11.4. The Balaban J connectivity index is 1.54. The first-order chi connectivity index (χ1) is 11.6. The van der Waals surface area contributed by atoms with Gasteiger partial charge >= 0.3 is 5.63 Å². The number of aliphatic hydroxyl groups is 1. The second-order valence-electron chi connectivity index (χ2n) is 5.68. The normalized spacial score (nSPS) is 12.4. The van der Waals surface area contributed by atoms with E-state index in [9.17, 15) is 9.90 Å². The summed E-state index contributed by atoms with van der Waals surface area (Å²) in [5.74, 6) is 1.42. The van der Waals surface area contributed by atoms with Gasteiger partial charge < -0.3 is 24.0 Å². The summed E-state index contributed by atoms with van der Waals surface area (Å²) in [6.07, 6.45) is 1.02. The topological polar surface area (TPSA) is 89.4 Å². The molecule has 0 fully saturated rings. The summed E-state index contributed by atoms with van der Waals surface area (Å²) in [7, 11) is 0. The average Bonchev–Trinajstić information content (AvgIpc) is 3.05. The fraction of sp³-hybridized carbons (Fsp3) is 0.278. The number of rotatable bonds is 7. The molecule has 6 nitrogen and oxygen atoms in total. The van der Waals surface area contributed by atoms with Crippen LogP contribution in [0, 0.1) is 6.92 Å². The molecular formula is C18H20NO5+. The minimum Gasteiger partial charge on any atom is -0.491 e. The van der Waals surface area contributed by atoms with Crippen LogP contribution >= 0.6 is 0 Å². The summed E-state index contributed by atoms with van der Waals surface area (Å²) in [6.45, 7) is 3.20. The van der Waals surface area contributed by atoms with E-state index in [4.69, 9.17) is 13.6 Å². The Labute approximate surface area is 138 Å². The van der Waals surface area contributed by atoms with Gasteiger partial charge in [0.25, 0.3) is 0 Å². The molecule has 24 heavy (non-hydrogen) atoms. The monoisotopic (exact) mass is 330 g/mol. The maximum absolute atomic E-state index is 11.4. The fourth-order valence-electron chi connectivity index (χ4n) is 2.50. The molecule has 0 saturated heterocycles. The van der Waals surface area contributed by atoms with E-state index in [-0.39, 0.29) is 12.2 Å².